The maximum absolute atomic E-state index is 10.2. The Hall–Kier alpha value is -1.06. The monoisotopic (exact) mass is 467 g/mol. The van der Waals surface area contributed by atoms with Crippen LogP contribution in [-0.2, 0) is 0 Å². The Morgan fingerprint density at radius 3 is 1.34 bits per heavy atom. The van der Waals surface area contributed by atoms with Gasteiger partial charge in [-0.05, 0) is 30.5 Å². The van der Waals surface area contributed by atoms with E-state index in [-0.39, 0.29) is 5.56 Å². The lowest BCUT2D eigenvalue weighted by Crippen LogP contribution is -2.35. The number of quaternary nitrogens is 1. The molecule has 0 bridgehead atoms. The van der Waals surface area contributed by atoms with E-state index in [1.54, 1.807) is 0 Å². The molecule has 0 unspecified atom stereocenters. The zero-order valence-corrected chi connectivity index (χ0v) is 22.2. The van der Waals surface area contributed by atoms with Gasteiger partial charge in [0.05, 0.1) is 33.7 Å². The van der Waals surface area contributed by atoms with Crippen LogP contribution in [0.2, 0.25) is 5.02 Å². The van der Waals surface area contributed by atoms with E-state index in [1.807, 2.05) is 0 Å². The molecule has 32 heavy (non-hydrogen) atoms. The molecule has 186 valence electrons. The second-order valence-electron chi connectivity index (χ2n) is 10.1. The van der Waals surface area contributed by atoms with Crippen molar-refractivity contribution in [3.8, 4) is 0 Å². The zero-order valence-electron chi connectivity index (χ0n) is 21.5. The number of carboxylic acid groups (broad SMARTS) is 1. The molecule has 0 radical (unpaired) electrons. The summed E-state index contributed by atoms with van der Waals surface area (Å²) in [5.41, 5.74) is 0.143. The van der Waals surface area contributed by atoms with Crippen LogP contribution in [0.4, 0.5) is 0 Å². The topological polar surface area (TPSA) is 40.1 Å². The highest BCUT2D eigenvalue weighted by molar-refractivity contribution is 6.30. The molecule has 4 heteroatoms. The number of hydrogen-bond acceptors (Lipinski definition) is 2. The number of aromatic carboxylic acids is 1. The maximum atomic E-state index is 10.2. The first kappa shape index (κ1) is 30.9. The molecule has 0 atom stereocenters. The molecule has 0 aromatic heterocycles. The van der Waals surface area contributed by atoms with Gasteiger partial charge in [-0.1, -0.05) is 121 Å². The summed E-state index contributed by atoms with van der Waals surface area (Å²) in [6, 6.07) is 5.81. The number of hydrogen-bond donors (Lipinski definition) is 0. The molecule has 0 aliphatic carbocycles. The molecule has 0 saturated heterocycles. The van der Waals surface area contributed by atoms with Crippen molar-refractivity contribution in [2.75, 3.05) is 27.7 Å². The van der Waals surface area contributed by atoms with Crippen molar-refractivity contribution < 1.29 is 14.4 Å². The average molecular weight is 468 g/mol. The van der Waals surface area contributed by atoms with Gasteiger partial charge in [0.2, 0.25) is 0 Å². The van der Waals surface area contributed by atoms with Gasteiger partial charge in [-0.2, -0.15) is 0 Å². The number of halogens is 1. The number of carboxylic acids is 1. The van der Waals surface area contributed by atoms with Crippen molar-refractivity contribution in [3.05, 3.63) is 34.9 Å². The number of carbonyl (C=O) groups is 1. The highest BCUT2D eigenvalue weighted by Crippen LogP contribution is 2.14. The van der Waals surface area contributed by atoms with Gasteiger partial charge < -0.3 is 14.4 Å². The fourth-order valence-corrected chi connectivity index (χ4v) is 3.85. The first-order chi connectivity index (χ1) is 15.3. The third-order valence-electron chi connectivity index (χ3n) is 5.76. The lowest BCUT2D eigenvalue weighted by molar-refractivity contribution is -0.870. The van der Waals surface area contributed by atoms with Crippen LogP contribution in [0.3, 0.4) is 0 Å². The van der Waals surface area contributed by atoms with E-state index in [4.69, 9.17) is 11.6 Å². The summed E-state index contributed by atoms with van der Waals surface area (Å²) >= 11 is 5.50. The molecule has 0 amide bonds. The number of carbonyl (C=O) groups excluding carboxylic acids is 1. The molecule has 1 aromatic rings. The largest absolute Gasteiger partial charge is 0.545 e. The summed E-state index contributed by atoms with van der Waals surface area (Å²) in [4.78, 5) is 10.2. The molecule has 0 spiro atoms. The van der Waals surface area contributed by atoms with Gasteiger partial charge in [0, 0.05) is 5.02 Å². The van der Waals surface area contributed by atoms with Crippen molar-refractivity contribution in [2.24, 2.45) is 0 Å². The maximum Gasteiger partial charge on any atom is 0.0780 e. The smallest absolute Gasteiger partial charge is 0.0780 e. The molecular formula is C28H50ClNO2. The predicted molar refractivity (Wildman–Crippen MR) is 138 cm³/mol. The molecule has 0 aliphatic rings. The normalized spacial score (nSPS) is 11.2. The van der Waals surface area contributed by atoms with Gasteiger partial charge in [0.1, 0.15) is 0 Å². The van der Waals surface area contributed by atoms with Gasteiger partial charge in [-0.3, -0.25) is 0 Å². The molecule has 1 aromatic carbocycles. The number of unbranched alkanes of at least 4 members (excludes halogenated alkanes) is 15. The standard InChI is InChI=1S/C21H46N.C7H5ClO2/c1-5-6-7-8-9-10-11-12-13-14-15-16-17-18-19-20-21-22(2,3)4;8-6-3-1-5(2-4-6)7(9)10/h5-21H2,1-4H3;1-4H,(H,9,10)/q+1;/p-1. The molecule has 0 heterocycles. The summed E-state index contributed by atoms with van der Waals surface area (Å²) in [6.07, 6.45) is 23.4. The number of benzene rings is 1. The Kier molecular flexibility index (Phi) is 19.9. The molecular weight excluding hydrogens is 418 g/mol. The van der Waals surface area contributed by atoms with E-state index in [0.717, 1.165) is 4.48 Å². The van der Waals surface area contributed by atoms with Crippen LogP contribution >= 0.6 is 11.6 Å². The lowest BCUT2D eigenvalue weighted by atomic mass is 10.0. The fourth-order valence-electron chi connectivity index (χ4n) is 3.72. The first-order valence-corrected chi connectivity index (χ1v) is 13.4. The molecule has 1 rings (SSSR count). The summed E-state index contributed by atoms with van der Waals surface area (Å²) in [5, 5.41) is 10.7. The Labute approximate surface area is 204 Å². The van der Waals surface area contributed by atoms with Crippen molar-refractivity contribution >= 4 is 17.6 Å². The Morgan fingerprint density at radius 2 is 1.03 bits per heavy atom. The van der Waals surface area contributed by atoms with Gasteiger partial charge >= 0.3 is 0 Å². The highest BCUT2D eigenvalue weighted by Gasteiger charge is 2.04. The van der Waals surface area contributed by atoms with Crippen molar-refractivity contribution in [3.63, 3.8) is 0 Å². The third-order valence-corrected chi connectivity index (χ3v) is 6.01. The Morgan fingerprint density at radius 1 is 0.688 bits per heavy atom. The minimum absolute atomic E-state index is 0.143. The van der Waals surface area contributed by atoms with Crippen molar-refractivity contribution in [2.45, 2.75) is 110 Å². The van der Waals surface area contributed by atoms with E-state index in [2.05, 4.69) is 28.1 Å². The fraction of sp³-hybridized carbons (Fsp3) is 0.750. The number of nitrogens with zero attached hydrogens (tertiary/aromatic N) is 1. The van der Waals surface area contributed by atoms with Crippen LogP contribution in [0.5, 0.6) is 0 Å². The molecule has 0 fully saturated rings. The van der Waals surface area contributed by atoms with E-state index >= 15 is 0 Å². The quantitative estimate of drug-likeness (QED) is 0.164. The minimum Gasteiger partial charge on any atom is -0.545 e. The van der Waals surface area contributed by atoms with Crippen LogP contribution in [0.1, 0.15) is 120 Å². The number of rotatable bonds is 18. The SMILES string of the molecule is CCCCCCCCCCCCCCCCCC[N+](C)(C)C.O=C([O-])c1ccc(Cl)cc1. The average Bonchev–Trinajstić information content (AvgIpc) is 2.73. The third kappa shape index (κ3) is 22.1. The highest BCUT2D eigenvalue weighted by atomic mass is 35.5. The molecule has 0 saturated carbocycles. The van der Waals surface area contributed by atoms with Crippen LogP contribution in [-0.4, -0.2) is 38.1 Å². The van der Waals surface area contributed by atoms with Gasteiger partial charge in [-0.15, -0.1) is 0 Å². The molecule has 0 aliphatic heterocycles. The van der Waals surface area contributed by atoms with Crippen LogP contribution < -0.4 is 5.11 Å². The van der Waals surface area contributed by atoms with E-state index < -0.39 is 5.97 Å². The predicted octanol–water partition coefficient (Wildman–Crippen LogP) is 7.66. The van der Waals surface area contributed by atoms with Crippen molar-refractivity contribution in [1.29, 1.82) is 0 Å². The lowest BCUT2D eigenvalue weighted by Gasteiger charge is -2.23. The summed E-state index contributed by atoms with van der Waals surface area (Å²) in [7, 11) is 6.89. The second kappa shape index (κ2) is 20.5. The zero-order chi connectivity index (χ0) is 24.1. The minimum atomic E-state index is -1.18. The molecule has 0 N–H and O–H groups in total. The van der Waals surface area contributed by atoms with Gasteiger partial charge in [-0.25, -0.2) is 0 Å². The van der Waals surface area contributed by atoms with Crippen LogP contribution in [0.15, 0.2) is 24.3 Å². The Bertz CT molecular complexity index is 552. The Balaban J connectivity index is 0.000000792. The first-order valence-electron chi connectivity index (χ1n) is 13.0. The van der Waals surface area contributed by atoms with Gasteiger partial charge in [0.25, 0.3) is 0 Å². The summed E-state index contributed by atoms with van der Waals surface area (Å²) in [6.45, 7) is 3.63. The summed E-state index contributed by atoms with van der Waals surface area (Å²) < 4.78 is 1.12. The van der Waals surface area contributed by atoms with Crippen LogP contribution in [0.25, 0.3) is 0 Å². The summed E-state index contributed by atoms with van der Waals surface area (Å²) in [5.74, 6) is -1.18. The van der Waals surface area contributed by atoms with E-state index in [1.165, 1.54) is 134 Å². The molecule has 3 nitrogen and oxygen atoms in total. The van der Waals surface area contributed by atoms with E-state index in [0.29, 0.717) is 5.02 Å². The second-order valence-corrected chi connectivity index (χ2v) is 10.5. The van der Waals surface area contributed by atoms with Crippen LogP contribution in [0, 0.1) is 0 Å². The van der Waals surface area contributed by atoms with Crippen molar-refractivity contribution in [1.82, 2.24) is 0 Å². The van der Waals surface area contributed by atoms with Gasteiger partial charge in [0.15, 0.2) is 0 Å². The van der Waals surface area contributed by atoms with E-state index in [9.17, 15) is 9.90 Å².